The van der Waals surface area contributed by atoms with Crippen molar-refractivity contribution in [1.29, 1.82) is 0 Å². The fraction of sp³-hybridized carbons (Fsp3) is 0.375. The first-order valence-corrected chi connectivity index (χ1v) is 10.6. The molecule has 156 valence electrons. The molecule has 2 N–H and O–H groups in total. The van der Waals surface area contributed by atoms with E-state index in [0.717, 1.165) is 17.7 Å². The van der Waals surface area contributed by atoms with Crippen molar-refractivity contribution >= 4 is 23.4 Å². The van der Waals surface area contributed by atoms with Crippen LogP contribution in [-0.2, 0) is 26.2 Å². The topological polar surface area (TPSA) is 78.5 Å². The van der Waals surface area contributed by atoms with E-state index in [4.69, 9.17) is 0 Å². The highest BCUT2D eigenvalue weighted by Gasteiger charge is 2.58. The molecule has 2 atom stereocenters. The van der Waals surface area contributed by atoms with Gasteiger partial charge in [0.05, 0.1) is 18.0 Å². The van der Waals surface area contributed by atoms with Crippen LogP contribution in [0.1, 0.15) is 37.3 Å². The average Bonchev–Trinajstić information content (AvgIpc) is 3.30. The Labute approximate surface area is 176 Å². The van der Waals surface area contributed by atoms with Crippen molar-refractivity contribution < 1.29 is 14.4 Å². The van der Waals surface area contributed by atoms with Crippen LogP contribution in [0.5, 0.6) is 0 Å². The molecule has 2 aromatic rings. The number of likely N-dealkylation sites (tertiary alicyclic amines) is 1. The van der Waals surface area contributed by atoms with Gasteiger partial charge >= 0.3 is 0 Å². The van der Waals surface area contributed by atoms with Crippen molar-refractivity contribution in [3.05, 3.63) is 65.7 Å². The second-order valence-corrected chi connectivity index (χ2v) is 7.98. The van der Waals surface area contributed by atoms with Crippen LogP contribution in [0.15, 0.2) is 54.6 Å². The van der Waals surface area contributed by atoms with Gasteiger partial charge in [-0.3, -0.25) is 14.4 Å². The maximum atomic E-state index is 13.2. The maximum absolute atomic E-state index is 13.2. The average molecular weight is 405 g/mol. The number of nitrogens with zero attached hydrogens (tertiary/aromatic N) is 1. The first-order valence-electron chi connectivity index (χ1n) is 10.6. The number of hydrogen-bond donors (Lipinski definition) is 2. The third kappa shape index (κ3) is 3.47. The Balaban J connectivity index is 1.64. The zero-order valence-electron chi connectivity index (χ0n) is 17.2. The number of amides is 3. The molecule has 30 heavy (non-hydrogen) atoms. The van der Waals surface area contributed by atoms with Gasteiger partial charge in [0.15, 0.2) is 0 Å². The SMILES string of the molecule is CCC(=O)NCC(=O)N1CC[C@@]2(C(=O)Nc3ccccc32)[C@@H]1CCc1ccccc1. The van der Waals surface area contributed by atoms with Crippen LogP contribution in [0.3, 0.4) is 0 Å². The number of benzene rings is 2. The van der Waals surface area contributed by atoms with E-state index in [1.54, 1.807) is 11.8 Å². The molecule has 2 aliphatic rings. The van der Waals surface area contributed by atoms with Gasteiger partial charge in [-0.25, -0.2) is 0 Å². The number of carbonyl (C=O) groups is 3. The molecule has 6 nitrogen and oxygen atoms in total. The largest absolute Gasteiger partial charge is 0.347 e. The predicted octanol–water partition coefficient (Wildman–Crippen LogP) is 2.64. The van der Waals surface area contributed by atoms with Crippen molar-refractivity contribution in [3.63, 3.8) is 0 Å². The van der Waals surface area contributed by atoms with Gasteiger partial charge in [0.1, 0.15) is 0 Å². The van der Waals surface area contributed by atoms with Gasteiger partial charge in [0.2, 0.25) is 17.7 Å². The smallest absolute Gasteiger partial charge is 0.242 e. The molecule has 2 heterocycles. The zero-order valence-corrected chi connectivity index (χ0v) is 17.2. The summed E-state index contributed by atoms with van der Waals surface area (Å²) in [5, 5.41) is 5.71. The third-order valence-electron chi connectivity index (χ3n) is 6.38. The summed E-state index contributed by atoms with van der Waals surface area (Å²) in [4.78, 5) is 39.7. The van der Waals surface area contributed by atoms with Gasteiger partial charge in [-0.2, -0.15) is 0 Å². The first-order chi connectivity index (χ1) is 14.6. The number of carbonyl (C=O) groups excluding carboxylic acids is 3. The Morgan fingerprint density at radius 2 is 1.87 bits per heavy atom. The summed E-state index contributed by atoms with van der Waals surface area (Å²) in [6, 6.07) is 17.6. The fourth-order valence-corrected chi connectivity index (χ4v) is 4.85. The molecule has 1 saturated heterocycles. The highest BCUT2D eigenvalue weighted by Crippen LogP contribution is 2.49. The Morgan fingerprint density at radius 1 is 1.13 bits per heavy atom. The van der Waals surface area contributed by atoms with Crippen molar-refractivity contribution in [1.82, 2.24) is 10.2 Å². The van der Waals surface area contributed by atoms with Gasteiger partial charge in [-0.15, -0.1) is 0 Å². The van der Waals surface area contributed by atoms with Crippen LogP contribution in [-0.4, -0.2) is 41.8 Å². The van der Waals surface area contributed by atoms with Crippen molar-refractivity contribution in [2.45, 2.75) is 44.1 Å². The molecule has 0 bridgehead atoms. The highest BCUT2D eigenvalue weighted by atomic mass is 16.2. The second kappa shape index (κ2) is 8.30. The molecule has 4 rings (SSSR count). The summed E-state index contributed by atoms with van der Waals surface area (Å²) in [5.41, 5.74) is 2.25. The van der Waals surface area contributed by atoms with Crippen LogP contribution in [0.2, 0.25) is 0 Å². The minimum atomic E-state index is -0.740. The molecular weight excluding hydrogens is 378 g/mol. The summed E-state index contributed by atoms with van der Waals surface area (Å²) in [5.74, 6) is -0.319. The van der Waals surface area contributed by atoms with E-state index in [0.29, 0.717) is 25.8 Å². The minimum absolute atomic E-state index is 0.0327. The second-order valence-electron chi connectivity index (χ2n) is 7.98. The molecule has 1 spiro atoms. The van der Waals surface area contributed by atoms with E-state index in [-0.39, 0.29) is 30.3 Å². The number of nitrogens with one attached hydrogen (secondary N) is 2. The van der Waals surface area contributed by atoms with Crippen LogP contribution in [0.25, 0.3) is 0 Å². The minimum Gasteiger partial charge on any atom is -0.347 e. The summed E-state index contributed by atoms with van der Waals surface area (Å²) in [6.07, 6.45) is 2.38. The van der Waals surface area contributed by atoms with Gasteiger partial charge in [0.25, 0.3) is 0 Å². The number of para-hydroxylation sites is 1. The van der Waals surface area contributed by atoms with Crippen molar-refractivity contribution in [3.8, 4) is 0 Å². The predicted molar refractivity (Wildman–Crippen MR) is 115 cm³/mol. The van der Waals surface area contributed by atoms with E-state index >= 15 is 0 Å². The summed E-state index contributed by atoms with van der Waals surface area (Å²) < 4.78 is 0. The molecule has 0 aliphatic carbocycles. The van der Waals surface area contributed by atoms with Gasteiger partial charge < -0.3 is 15.5 Å². The Morgan fingerprint density at radius 3 is 2.63 bits per heavy atom. The number of fused-ring (bicyclic) bond motifs is 2. The standard InChI is InChI=1S/C24H27N3O3/c1-2-21(28)25-16-22(29)27-15-14-24(18-10-6-7-11-19(18)26-23(24)30)20(27)13-12-17-8-4-3-5-9-17/h3-11,20H,2,12-16H2,1H3,(H,25,28)(H,26,30)/t20-,24-/m0/s1. The first kappa shape index (κ1) is 20.1. The van der Waals surface area contributed by atoms with Crippen molar-refractivity contribution in [2.24, 2.45) is 0 Å². The molecule has 6 heteroatoms. The van der Waals surface area contributed by atoms with Crippen molar-refractivity contribution in [2.75, 3.05) is 18.4 Å². The maximum Gasteiger partial charge on any atom is 0.242 e. The van der Waals surface area contributed by atoms with E-state index in [1.807, 2.05) is 42.5 Å². The quantitative estimate of drug-likeness (QED) is 0.776. The molecule has 0 radical (unpaired) electrons. The van der Waals surface area contributed by atoms with E-state index in [1.165, 1.54) is 5.56 Å². The summed E-state index contributed by atoms with van der Waals surface area (Å²) in [6.45, 7) is 2.23. The lowest BCUT2D eigenvalue weighted by Crippen LogP contribution is -2.51. The van der Waals surface area contributed by atoms with Gasteiger partial charge in [-0.1, -0.05) is 55.5 Å². The molecule has 0 unspecified atom stereocenters. The molecule has 0 aromatic heterocycles. The molecule has 0 saturated carbocycles. The van der Waals surface area contributed by atoms with Crippen LogP contribution >= 0.6 is 0 Å². The normalized spacial score (nSPS) is 22.1. The third-order valence-corrected chi connectivity index (χ3v) is 6.38. The van der Waals surface area contributed by atoms with Gasteiger partial charge in [-0.05, 0) is 36.5 Å². The molecule has 3 amide bonds. The lowest BCUT2D eigenvalue weighted by atomic mass is 9.73. The molecule has 2 aliphatic heterocycles. The Bertz CT molecular complexity index is 959. The number of hydrogen-bond acceptors (Lipinski definition) is 3. The van der Waals surface area contributed by atoms with Crippen LogP contribution < -0.4 is 10.6 Å². The van der Waals surface area contributed by atoms with E-state index in [2.05, 4.69) is 22.8 Å². The Kier molecular flexibility index (Phi) is 5.57. The van der Waals surface area contributed by atoms with Crippen LogP contribution in [0.4, 0.5) is 5.69 Å². The van der Waals surface area contributed by atoms with E-state index < -0.39 is 5.41 Å². The fourth-order valence-electron chi connectivity index (χ4n) is 4.85. The number of rotatable bonds is 6. The summed E-state index contributed by atoms with van der Waals surface area (Å²) in [7, 11) is 0. The monoisotopic (exact) mass is 405 g/mol. The zero-order chi connectivity index (χ0) is 21.1. The lowest BCUT2D eigenvalue weighted by Gasteiger charge is -2.34. The Hall–Kier alpha value is -3.15. The number of aryl methyl sites for hydroxylation is 1. The molecule has 2 aromatic carbocycles. The molecular formula is C24H27N3O3. The summed E-state index contributed by atoms with van der Waals surface area (Å²) >= 11 is 0. The van der Waals surface area contributed by atoms with Crippen LogP contribution in [0, 0.1) is 0 Å². The lowest BCUT2D eigenvalue weighted by molar-refractivity contribution is -0.134. The molecule has 1 fully saturated rings. The van der Waals surface area contributed by atoms with Gasteiger partial charge in [0, 0.05) is 18.7 Å². The number of anilines is 1. The van der Waals surface area contributed by atoms with E-state index in [9.17, 15) is 14.4 Å². The highest BCUT2D eigenvalue weighted by molar-refractivity contribution is 6.07.